The summed E-state index contributed by atoms with van der Waals surface area (Å²) < 4.78 is 11.0. The Bertz CT molecular complexity index is 955. The van der Waals surface area contributed by atoms with Crippen molar-refractivity contribution in [3.8, 4) is 5.75 Å². The number of esters is 1. The number of thiocarbonyl (C=S) groups is 1. The van der Waals surface area contributed by atoms with Crippen molar-refractivity contribution in [3.05, 3.63) is 45.8 Å². The minimum Gasteiger partial charge on any atom is -0.491 e. The maximum atomic E-state index is 12.6. The van der Waals surface area contributed by atoms with Gasteiger partial charge in [-0.1, -0.05) is 13.0 Å². The third-order valence-electron chi connectivity index (χ3n) is 4.86. The number of fused-ring (bicyclic) bond motifs is 1. The maximum absolute atomic E-state index is 12.6. The van der Waals surface area contributed by atoms with Gasteiger partial charge in [-0.25, -0.2) is 4.79 Å². The third-order valence-corrected chi connectivity index (χ3v) is 6.27. The minimum absolute atomic E-state index is 0.0631. The van der Waals surface area contributed by atoms with Gasteiger partial charge in [0, 0.05) is 10.4 Å². The summed E-state index contributed by atoms with van der Waals surface area (Å²) in [6.07, 6.45) is 3.76. The zero-order valence-corrected chi connectivity index (χ0v) is 19.0. The molecular weight excluding hydrogens is 420 g/mol. The van der Waals surface area contributed by atoms with Crippen molar-refractivity contribution < 1.29 is 19.1 Å². The first-order valence-electron chi connectivity index (χ1n) is 10.1. The fourth-order valence-electron chi connectivity index (χ4n) is 3.25. The van der Waals surface area contributed by atoms with Crippen molar-refractivity contribution in [1.29, 1.82) is 0 Å². The molecule has 0 bridgehead atoms. The molecule has 30 heavy (non-hydrogen) atoms. The highest BCUT2D eigenvalue weighted by molar-refractivity contribution is 7.80. The molecule has 2 aromatic rings. The first kappa shape index (κ1) is 22.2. The van der Waals surface area contributed by atoms with Crippen molar-refractivity contribution in [2.75, 3.05) is 11.9 Å². The van der Waals surface area contributed by atoms with E-state index in [0.717, 1.165) is 31.2 Å². The molecule has 8 heteroatoms. The standard InChI is InChI=1S/C22H26N2O4S2/c1-4-13(3)28-15-9-6-8-14(12-15)19(25)23-22(29)24-20-18(21(26)27-5-2)16-10-7-11-17(16)30-20/h6,8-9,12-13H,4-5,7,10-11H2,1-3H3,(H2,23,24,25,29). The van der Waals surface area contributed by atoms with E-state index in [0.29, 0.717) is 28.5 Å². The average Bonchev–Trinajstić information content (AvgIpc) is 3.28. The molecule has 1 aliphatic carbocycles. The second-order valence-corrected chi connectivity index (χ2v) is 8.57. The largest absolute Gasteiger partial charge is 0.491 e. The van der Waals surface area contributed by atoms with Crippen LogP contribution in [0.4, 0.5) is 5.00 Å². The molecule has 0 saturated heterocycles. The summed E-state index contributed by atoms with van der Waals surface area (Å²) in [5.74, 6) is -0.0672. The topological polar surface area (TPSA) is 76.7 Å². The fraction of sp³-hybridized carbons (Fsp3) is 0.409. The van der Waals surface area contributed by atoms with Gasteiger partial charge in [-0.05, 0) is 75.5 Å². The smallest absolute Gasteiger partial charge is 0.341 e. The summed E-state index contributed by atoms with van der Waals surface area (Å²) in [6, 6.07) is 6.98. The Hall–Kier alpha value is -2.45. The van der Waals surface area contributed by atoms with Crippen molar-refractivity contribution in [2.24, 2.45) is 0 Å². The van der Waals surface area contributed by atoms with E-state index in [1.54, 1.807) is 25.1 Å². The number of rotatable bonds is 7. The number of carbonyl (C=O) groups is 2. The van der Waals surface area contributed by atoms with E-state index < -0.39 is 0 Å². The molecule has 1 unspecified atom stereocenters. The molecule has 2 N–H and O–H groups in total. The highest BCUT2D eigenvalue weighted by atomic mass is 32.1. The van der Waals surface area contributed by atoms with Crippen LogP contribution in [0.3, 0.4) is 0 Å². The van der Waals surface area contributed by atoms with E-state index in [2.05, 4.69) is 10.6 Å². The predicted molar refractivity (Wildman–Crippen MR) is 123 cm³/mol. The van der Waals surface area contributed by atoms with Crippen LogP contribution >= 0.6 is 23.6 Å². The van der Waals surface area contributed by atoms with E-state index in [1.807, 2.05) is 19.9 Å². The predicted octanol–water partition coefficient (Wildman–Crippen LogP) is 4.72. The zero-order chi connectivity index (χ0) is 21.7. The summed E-state index contributed by atoms with van der Waals surface area (Å²) in [4.78, 5) is 26.3. The summed E-state index contributed by atoms with van der Waals surface area (Å²) >= 11 is 6.83. The summed E-state index contributed by atoms with van der Waals surface area (Å²) in [5, 5.41) is 6.46. The number of hydrogen-bond acceptors (Lipinski definition) is 6. The summed E-state index contributed by atoms with van der Waals surface area (Å²) in [7, 11) is 0. The van der Waals surface area contributed by atoms with E-state index in [1.165, 1.54) is 16.2 Å². The molecule has 0 spiro atoms. The van der Waals surface area contributed by atoms with Crippen molar-refractivity contribution in [1.82, 2.24) is 5.32 Å². The number of amides is 1. The molecular formula is C22H26N2O4S2. The van der Waals surface area contributed by atoms with E-state index >= 15 is 0 Å². The molecule has 1 aromatic heterocycles. The number of anilines is 1. The van der Waals surface area contributed by atoms with Crippen LogP contribution in [0, 0.1) is 0 Å². The Labute approximate surface area is 186 Å². The average molecular weight is 447 g/mol. The van der Waals surface area contributed by atoms with E-state index in [-0.39, 0.29) is 23.1 Å². The van der Waals surface area contributed by atoms with Crippen molar-refractivity contribution in [3.63, 3.8) is 0 Å². The van der Waals surface area contributed by atoms with Gasteiger partial charge >= 0.3 is 5.97 Å². The fourth-order valence-corrected chi connectivity index (χ4v) is 4.79. The molecule has 3 rings (SSSR count). The number of ether oxygens (including phenoxy) is 2. The van der Waals surface area contributed by atoms with Gasteiger partial charge < -0.3 is 14.8 Å². The Morgan fingerprint density at radius 3 is 2.80 bits per heavy atom. The van der Waals surface area contributed by atoms with Gasteiger partial charge in [-0.3, -0.25) is 10.1 Å². The Balaban J connectivity index is 1.70. The monoisotopic (exact) mass is 446 g/mol. The highest BCUT2D eigenvalue weighted by Crippen LogP contribution is 2.39. The van der Waals surface area contributed by atoms with Gasteiger partial charge in [0.1, 0.15) is 10.8 Å². The number of nitrogens with one attached hydrogen (secondary N) is 2. The minimum atomic E-state index is -0.358. The van der Waals surface area contributed by atoms with Crippen LogP contribution < -0.4 is 15.4 Å². The van der Waals surface area contributed by atoms with Crippen LogP contribution in [0.15, 0.2) is 24.3 Å². The van der Waals surface area contributed by atoms with Gasteiger partial charge in [-0.15, -0.1) is 11.3 Å². The molecule has 1 atom stereocenters. The van der Waals surface area contributed by atoms with Gasteiger partial charge in [0.2, 0.25) is 0 Å². The second kappa shape index (κ2) is 10.0. The van der Waals surface area contributed by atoms with Gasteiger partial charge in [0.15, 0.2) is 5.11 Å². The Morgan fingerprint density at radius 1 is 1.27 bits per heavy atom. The number of aryl methyl sites for hydroxylation is 1. The normalized spacial score (nSPS) is 13.3. The van der Waals surface area contributed by atoms with Crippen LogP contribution in [-0.4, -0.2) is 29.7 Å². The Kier molecular flexibility index (Phi) is 7.44. The lowest BCUT2D eigenvalue weighted by Gasteiger charge is -2.14. The summed E-state index contributed by atoms with van der Waals surface area (Å²) in [5.41, 5.74) is 2.01. The molecule has 0 fully saturated rings. The first-order valence-corrected chi connectivity index (χ1v) is 11.4. The first-order chi connectivity index (χ1) is 14.4. The third kappa shape index (κ3) is 5.17. The lowest BCUT2D eigenvalue weighted by Crippen LogP contribution is -2.34. The molecule has 0 radical (unpaired) electrons. The van der Waals surface area contributed by atoms with Crippen LogP contribution in [-0.2, 0) is 17.6 Å². The van der Waals surface area contributed by atoms with Crippen LogP contribution in [0.5, 0.6) is 5.75 Å². The van der Waals surface area contributed by atoms with Crippen molar-refractivity contribution >= 4 is 45.5 Å². The lowest BCUT2D eigenvalue weighted by molar-refractivity contribution is 0.0527. The SMILES string of the molecule is CCOC(=O)c1c(NC(=S)NC(=O)c2cccc(OC(C)CC)c2)sc2c1CCC2. The quantitative estimate of drug-likeness (QED) is 0.474. The molecule has 0 aliphatic heterocycles. The van der Waals surface area contributed by atoms with Crippen LogP contribution in [0.2, 0.25) is 0 Å². The zero-order valence-electron chi connectivity index (χ0n) is 17.4. The molecule has 0 saturated carbocycles. The molecule has 1 aromatic carbocycles. The maximum Gasteiger partial charge on any atom is 0.341 e. The van der Waals surface area contributed by atoms with Gasteiger partial charge in [-0.2, -0.15) is 0 Å². The van der Waals surface area contributed by atoms with Crippen molar-refractivity contribution in [2.45, 2.75) is 52.6 Å². The Morgan fingerprint density at radius 2 is 2.07 bits per heavy atom. The lowest BCUT2D eigenvalue weighted by atomic mass is 10.1. The number of thiophene rings is 1. The highest BCUT2D eigenvalue weighted by Gasteiger charge is 2.28. The second-order valence-electron chi connectivity index (χ2n) is 7.05. The van der Waals surface area contributed by atoms with Gasteiger partial charge in [0.25, 0.3) is 5.91 Å². The molecule has 6 nitrogen and oxygen atoms in total. The molecule has 1 heterocycles. The van der Waals surface area contributed by atoms with Gasteiger partial charge in [0.05, 0.1) is 18.3 Å². The molecule has 1 amide bonds. The number of benzene rings is 1. The molecule has 1 aliphatic rings. The van der Waals surface area contributed by atoms with E-state index in [4.69, 9.17) is 21.7 Å². The molecule has 160 valence electrons. The number of carbonyl (C=O) groups excluding carboxylic acids is 2. The summed E-state index contributed by atoms with van der Waals surface area (Å²) in [6.45, 7) is 6.10. The van der Waals surface area contributed by atoms with E-state index in [9.17, 15) is 9.59 Å². The number of hydrogen-bond donors (Lipinski definition) is 2. The van der Waals surface area contributed by atoms with Crippen LogP contribution in [0.25, 0.3) is 0 Å². The van der Waals surface area contributed by atoms with Crippen LogP contribution in [0.1, 0.15) is 64.8 Å².